The lowest BCUT2D eigenvalue weighted by Gasteiger charge is -2.58. The number of rotatable bonds is 9. The molecule has 3 saturated heterocycles. The molecular formula is C39H60O13. The molecule has 6 fully saturated rings. The lowest BCUT2D eigenvalue weighted by atomic mass is 9.47. The van der Waals surface area contributed by atoms with Crippen LogP contribution < -0.4 is 0 Å². The summed E-state index contributed by atoms with van der Waals surface area (Å²) in [4.78, 5) is 23.3. The summed E-state index contributed by atoms with van der Waals surface area (Å²) in [6.45, 7) is 8.64. The van der Waals surface area contributed by atoms with Gasteiger partial charge in [-0.15, -0.1) is 0 Å². The van der Waals surface area contributed by atoms with Gasteiger partial charge in [-0.3, -0.25) is 9.59 Å². The van der Waals surface area contributed by atoms with Crippen LogP contribution >= 0.6 is 0 Å². The standard InChI is InChI=1S/C39H60O13/c1-20-31-27(52-39(20)12-7-21(19-49-39)18-48-30(43)16-36(2,47)15-29(41)42)14-26-24-6-5-22-13-23(8-10-37(22,3)25(24)9-11-38(26,31)4)50-35-34(46)33(45)32(44)28(17-40)51-35/h5,20-21,23-28,31-35,40,44-47H,6-19H2,1-4H3,(H,41,42)/t20-,21-,23-,24+,25-,26-,27-,28+,31-,32+,33-,34+,35+,36-,37-,38-,39+/m0/s1. The summed E-state index contributed by atoms with van der Waals surface area (Å²) in [5.74, 6) is -0.132. The number of aliphatic hydroxyl groups is 5. The van der Waals surface area contributed by atoms with Gasteiger partial charge in [-0.25, -0.2) is 0 Å². The monoisotopic (exact) mass is 736 g/mol. The third-order valence-electron chi connectivity index (χ3n) is 14.9. The second-order valence-corrected chi connectivity index (χ2v) is 18.2. The zero-order valence-corrected chi connectivity index (χ0v) is 31.0. The van der Waals surface area contributed by atoms with E-state index in [2.05, 4.69) is 26.8 Å². The third-order valence-corrected chi connectivity index (χ3v) is 14.9. The van der Waals surface area contributed by atoms with E-state index in [1.807, 2.05) is 0 Å². The molecule has 7 rings (SSSR count). The van der Waals surface area contributed by atoms with Crippen LogP contribution in [0.4, 0.5) is 0 Å². The Kier molecular flexibility index (Phi) is 10.5. The fraction of sp³-hybridized carbons (Fsp3) is 0.897. The highest BCUT2D eigenvalue weighted by atomic mass is 16.7. The quantitative estimate of drug-likeness (QED) is 0.149. The molecule has 3 saturated carbocycles. The molecule has 4 aliphatic carbocycles. The van der Waals surface area contributed by atoms with Gasteiger partial charge in [0.25, 0.3) is 0 Å². The van der Waals surface area contributed by atoms with Gasteiger partial charge in [0.2, 0.25) is 0 Å². The molecule has 0 aromatic heterocycles. The first-order valence-corrected chi connectivity index (χ1v) is 19.6. The first-order valence-electron chi connectivity index (χ1n) is 19.6. The van der Waals surface area contributed by atoms with Gasteiger partial charge in [0.15, 0.2) is 12.1 Å². The minimum absolute atomic E-state index is 0.00989. The third kappa shape index (κ3) is 6.67. The molecule has 13 heteroatoms. The van der Waals surface area contributed by atoms with Crippen molar-refractivity contribution >= 4 is 11.9 Å². The van der Waals surface area contributed by atoms with Gasteiger partial charge in [-0.1, -0.05) is 32.4 Å². The van der Waals surface area contributed by atoms with Crippen LogP contribution in [-0.4, -0.2) is 117 Å². The minimum atomic E-state index is -1.66. The van der Waals surface area contributed by atoms with Gasteiger partial charge in [-0.2, -0.15) is 0 Å². The fourth-order valence-electron chi connectivity index (χ4n) is 12.2. The first kappa shape index (κ1) is 38.6. The molecule has 0 amide bonds. The Bertz CT molecular complexity index is 1370. The number of aliphatic carboxylic acids is 1. The molecule has 17 atom stereocenters. The summed E-state index contributed by atoms with van der Waals surface area (Å²) in [6.07, 6.45) is 3.47. The maximum atomic E-state index is 12.3. The van der Waals surface area contributed by atoms with Crippen LogP contribution in [-0.2, 0) is 33.3 Å². The Balaban J connectivity index is 0.949. The molecule has 13 nitrogen and oxygen atoms in total. The second-order valence-electron chi connectivity index (χ2n) is 18.2. The van der Waals surface area contributed by atoms with E-state index in [9.17, 15) is 35.1 Å². The Morgan fingerprint density at radius 3 is 2.48 bits per heavy atom. The number of allylic oxidation sites excluding steroid dienone is 1. The molecule has 0 bridgehead atoms. The van der Waals surface area contributed by atoms with E-state index in [-0.39, 0.29) is 47.9 Å². The molecular weight excluding hydrogens is 676 g/mol. The number of fused-ring (bicyclic) bond motifs is 7. The Morgan fingerprint density at radius 1 is 1.02 bits per heavy atom. The van der Waals surface area contributed by atoms with Crippen molar-refractivity contribution in [3.8, 4) is 0 Å². The molecule has 0 aromatic rings. The highest BCUT2D eigenvalue weighted by Crippen LogP contribution is 2.70. The van der Waals surface area contributed by atoms with Crippen LogP contribution in [0, 0.1) is 46.3 Å². The van der Waals surface area contributed by atoms with Crippen molar-refractivity contribution in [2.24, 2.45) is 46.3 Å². The first-order chi connectivity index (χ1) is 24.5. The van der Waals surface area contributed by atoms with E-state index >= 15 is 0 Å². The van der Waals surface area contributed by atoms with Gasteiger partial charge in [0.1, 0.15) is 24.4 Å². The summed E-state index contributed by atoms with van der Waals surface area (Å²) in [5.41, 5.74) is -0.0533. The minimum Gasteiger partial charge on any atom is -0.481 e. The Morgan fingerprint density at radius 2 is 1.79 bits per heavy atom. The lowest BCUT2D eigenvalue weighted by Crippen LogP contribution is -2.60. The summed E-state index contributed by atoms with van der Waals surface area (Å²) < 4.78 is 30.8. The van der Waals surface area contributed by atoms with Gasteiger partial charge in [0, 0.05) is 18.3 Å². The SMILES string of the molecule is C[C@H]1[C@H]2[C@H](C[C@H]3[C@@H]4CC=C5C[C@@H](O[C@@H]6O[C@H](CO)[C@@H](O)[C@H](O)[C@H]6O)CC[C@]5(C)[C@H]4CC[C@]23C)O[C@]12CC[C@@H](COC(=O)C[C@@](C)(O)CC(=O)O)CO2. The molecule has 3 heterocycles. The van der Waals surface area contributed by atoms with Gasteiger partial charge in [0.05, 0.1) is 50.5 Å². The average Bonchev–Trinajstić information content (AvgIpc) is 3.53. The molecule has 0 unspecified atom stereocenters. The Hall–Kier alpha value is -1.68. The summed E-state index contributed by atoms with van der Waals surface area (Å²) >= 11 is 0. The summed E-state index contributed by atoms with van der Waals surface area (Å²) in [6, 6.07) is 0. The number of esters is 1. The number of carbonyl (C=O) groups is 2. The van der Waals surface area contributed by atoms with Crippen LogP contribution in [0.15, 0.2) is 11.6 Å². The predicted molar refractivity (Wildman–Crippen MR) is 183 cm³/mol. The highest BCUT2D eigenvalue weighted by Gasteiger charge is 2.68. The van der Waals surface area contributed by atoms with Crippen molar-refractivity contribution in [3.05, 3.63) is 11.6 Å². The van der Waals surface area contributed by atoms with Crippen LogP contribution in [0.2, 0.25) is 0 Å². The lowest BCUT2D eigenvalue weighted by molar-refractivity contribution is -0.313. The van der Waals surface area contributed by atoms with E-state index in [4.69, 9.17) is 28.8 Å². The zero-order valence-electron chi connectivity index (χ0n) is 31.0. The number of hydrogen-bond donors (Lipinski definition) is 6. The van der Waals surface area contributed by atoms with Crippen molar-refractivity contribution in [2.75, 3.05) is 19.8 Å². The van der Waals surface area contributed by atoms with E-state index in [0.717, 1.165) is 57.8 Å². The molecule has 1 spiro atoms. The number of aliphatic hydroxyl groups excluding tert-OH is 4. The average molecular weight is 737 g/mol. The summed E-state index contributed by atoms with van der Waals surface area (Å²) in [7, 11) is 0. The number of hydrogen-bond acceptors (Lipinski definition) is 12. The molecule has 0 radical (unpaired) electrons. The van der Waals surface area contributed by atoms with E-state index in [1.165, 1.54) is 12.5 Å². The normalized spacial score (nSPS) is 49.6. The smallest absolute Gasteiger partial charge is 0.308 e. The number of ether oxygens (including phenoxy) is 5. The molecule has 52 heavy (non-hydrogen) atoms. The molecule has 0 aromatic carbocycles. The van der Waals surface area contributed by atoms with Gasteiger partial charge < -0.3 is 54.3 Å². The topological polar surface area (TPSA) is 202 Å². The fourth-order valence-corrected chi connectivity index (χ4v) is 12.2. The second kappa shape index (κ2) is 14.1. The Labute approximate surface area is 306 Å². The van der Waals surface area contributed by atoms with Crippen LogP contribution in [0.3, 0.4) is 0 Å². The van der Waals surface area contributed by atoms with Gasteiger partial charge >= 0.3 is 11.9 Å². The van der Waals surface area contributed by atoms with Crippen LogP contribution in [0.1, 0.15) is 98.3 Å². The number of carboxylic acid groups (broad SMARTS) is 1. The molecule has 6 N–H and O–H groups in total. The maximum Gasteiger partial charge on any atom is 0.308 e. The zero-order chi connectivity index (χ0) is 37.4. The van der Waals surface area contributed by atoms with Crippen LogP contribution in [0.25, 0.3) is 0 Å². The molecule has 294 valence electrons. The van der Waals surface area contributed by atoms with E-state index < -0.39 is 67.1 Å². The summed E-state index contributed by atoms with van der Waals surface area (Å²) in [5, 5.41) is 59.8. The maximum absolute atomic E-state index is 12.3. The van der Waals surface area contributed by atoms with Crippen molar-refractivity contribution in [3.63, 3.8) is 0 Å². The van der Waals surface area contributed by atoms with Gasteiger partial charge in [-0.05, 0) is 92.8 Å². The molecule has 3 aliphatic heterocycles. The van der Waals surface area contributed by atoms with Crippen molar-refractivity contribution < 1.29 is 63.9 Å². The van der Waals surface area contributed by atoms with E-state index in [0.29, 0.717) is 30.3 Å². The van der Waals surface area contributed by atoms with Crippen molar-refractivity contribution in [2.45, 2.75) is 153 Å². The predicted octanol–water partition coefficient (Wildman–Crippen LogP) is 2.68. The van der Waals surface area contributed by atoms with Crippen molar-refractivity contribution in [1.82, 2.24) is 0 Å². The molecule has 7 aliphatic rings. The number of carbonyl (C=O) groups excluding carboxylic acids is 1. The van der Waals surface area contributed by atoms with E-state index in [1.54, 1.807) is 0 Å². The van der Waals surface area contributed by atoms with Crippen molar-refractivity contribution in [1.29, 1.82) is 0 Å². The highest BCUT2D eigenvalue weighted by molar-refractivity contribution is 5.73. The van der Waals surface area contributed by atoms with Crippen LogP contribution in [0.5, 0.6) is 0 Å². The number of carboxylic acids is 1. The largest absolute Gasteiger partial charge is 0.481 e.